The number of hydrogen-bond acceptors (Lipinski definition) is 5. The third kappa shape index (κ3) is 4.23. The first-order valence-electron chi connectivity index (χ1n) is 12.3. The van der Waals surface area contributed by atoms with Gasteiger partial charge in [0.25, 0.3) is 5.56 Å². The van der Waals surface area contributed by atoms with Crippen molar-refractivity contribution in [2.24, 2.45) is 4.99 Å². The van der Waals surface area contributed by atoms with Gasteiger partial charge in [-0.25, -0.2) is 4.99 Å². The van der Waals surface area contributed by atoms with Gasteiger partial charge >= 0.3 is 0 Å². The number of ether oxygens (including phenoxy) is 2. The summed E-state index contributed by atoms with van der Waals surface area (Å²) in [4.78, 5) is 19.6. The topological polar surface area (TPSA) is 52.8 Å². The van der Waals surface area contributed by atoms with E-state index in [1.807, 2.05) is 47.0 Å². The van der Waals surface area contributed by atoms with E-state index in [1.165, 1.54) is 22.5 Å². The normalized spacial score (nSPS) is 16.4. The van der Waals surface area contributed by atoms with Crippen LogP contribution in [0.2, 0.25) is 0 Å². The van der Waals surface area contributed by atoms with E-state index in [0.717, 1.165) is 51.5 Å². The van der Waals surface area contributed by atoms with Crippen molar-refractivity contribution < 1.29 is 9.47 Å². The van der Waals surface area contributed by atoms with Gasteiger partial charge in [-0.05, 0) is 65.4 Å². The smallest absolute Gasteiger partial charge is 0.271 e. The molecule has 4 aromatic rings. The Morgan fingerprint density at radius 1 is 1.03 bits per heavy atom. The summed E-state index contributed by atoms with van der Waals surface area (Å²) in [6.45, 7) is 4.14. The molecule has 3 aromatic carbocycles. The molecule has 0 amide bonds. The lowest BCUT2D eigenvalue weighted by molar-refractivity contribution is 0.363. The molecule has 0 unspecified atom stereocenters. The first-order valence-corrected chi connectivity index (χ1v) is 13.1. The lowest BCUT2D eigenvalue weighted by Crippen LogP contribution is -2.38. The van der Waals surface area contributed by atoms with Crippen LogP contribution in [0.4, 0.5) is 0 Å². The van der Waals surface area contributed by atoms with Crippen LogP contribution in [0.1, 0.15) is 34.7 Å². The van der Waals surface area contributed by atoms with Crippen LogP contribution in [0.3, 0.4) is 0 Å². The molecule has 6 heteroatoms. The Morgan fingerprint density at radius 2 is 1.78 bits per heavy atom. The van der Waals surface area contributed by atoms with Crippen LogP contribution in [-0.2, 0) is 6.42 Å². The number of thiazole rings is 1. The Hall–Kier alpha value is -4.16. The van der Waals surface area contributed by atoms with Crippen LogP contribution < -0.4 is 24.4 Å². The number of aryl methyl sites for hydroxylation is 1. The number of allylic oxidation sites excluding steroid dienone is 1. The fraction of sp³-hybridized carbons (Fsp3) is 0.161. The summed E-state index contributed by atoms with van der Waals surface area (Å²) >= 11 is 1.44. The SMILES string of the molecule is C=CCOc1ccc(/C=c2\sc3n(c2=O)[C@@H](c2ccc(OC)cc2)C2=C(N=3)c3ccccc3CC2)cc1. The second kappa shape index (κ2) is 9.71. The molecule has 6 rings (SSSR count). The predicted molar refractivity (Wildman–Crippen MR) is 148 cm³/mol. The van der Waals surface area contributed by atoms with Gasteiger partial charge in [0, 0.05) is 5.56 Å². The number of hydrogen-bond donors (Lipinski definition) is 0. The summed E-state index contributed by atoms with van der Waals surface area (Å²) in [7, 11) is 1.66. The van der Waals surface area contributed by atoms with Crippen molar-refractivity contribution in [1.29, 1.82) is 0 Å². The van der Waals surface area contributed by atoms with Crippen LogP contribution in [0.5, 0.6) is 11.5 Å². The van der Waals surface area contributed by atoms with E-state index in [4.69, 9.17) is 14.5 Å². The van der Waals surface area contributed by atoms with E-state index in [-0.39, 0.29) is 11.6 Å². The molecule has 5 nitrogen and oxygen atoms in total. The van der Waals surface area contributed by atoms with Crippen molar-refractivity contribution in [2.75, 3.05) is 13.7 Å². The summed E-state index contributed by atoms with van der Waals surface area (Å²) < 4.78 is 13.5. The van der Waals surface area contributed by atoms with Gasteiger partial charge in [-0.1, -0.05) is 72.5 Å². The second-order valence-corrected chi connectivity index (χ2v) is 10.1. The number of fused-ring (bicyclic) bond motifs is 3. The van der Waals surface area contributed by atoms with Crippen molar-refractivity contribution in [3.05, 3.63) is 133 Å². The molecule has 2 aliphatic rings. The minimum atomic E-state index is -0.206. The minimum absolute atomic E-state index is 0.0260. The Morgan fingerprint density at radius 3 is 2.54 bits per heavy atom. The number of rotatable bonds is 6. The van der Waals surface area contributed by atoms with Crippen molar-refractivity contribution in [3.8, 4) is 11.5 Å². The van der Waals surface area contributed by atoms with Crippen LogP contribution in [-0.4, -0.2) is 18.3 Å². The molecule has 0 radical (unpaired) electrons. The molecule has 0 spiro atoms. The van der Waals surface area contributed by atoms with Gasteiger partial charge in [0.2, 0.25) is 0 Å². The molecular weight excluding hydrogens is 480 g/mol. The highest BCUT2D eigenvalue weighted by atomic mass is 32.1. The number of benzene rings is 3. The third-order valence-corrected chi connectivity index (χ3v) is 7.83. The maximum absolute atomic E-state index is 13.9. The molecule has 1 aliphatic carbocycles. The maximum atomic E-state index is 13.9. The zero-order chi connectivity index (χ0) is 25.4. The van der Waals surface area contributed by atoms with Crippen LogP contribution in [0.25, 0.3) is 11.8 Å². The van der Waals surface area contributed by atoms with Crippen LogP contribution >= 0.6 is 11.3 Å². The number of aromatic nitrogens is 1. The Balaban J connectivity index is 1.51. The second-order valence-electron chi connectivity index (χ2n) is 9.06. The van der Waals surface area contributed by atoms with Crippen molar-refractivity contribution in [1.82, 2.24) is 4.57 Å². The molecule has 184 valence electrons. The van der Waals surface area contributed by atoms with Gasteiger partial charge in [0.15, 0.2) is 4.80 Å². The van der Waals surface area contributed by atoms with Gasteiger partial charge < -0.3 is 9.47 Å². The molecular formula is C31H26N2O3S. The molecule has 0 fully saturated rings. The Labute approximate surface area is 219 Å². The highest BCUT2D eigenvalue weighted by molar-refractivity contribution is 7.07. The zero-order valence-electron chi connectivity index (χ0n) is 20.5. The number of nitrogens with zero attached hydrogens (tertiary/aromatic N) is 2. The van der Waals surface area contributed by atoms with Crippen molar-refractivity contribution in [3.63, 3.8) is 0 Å². The molecule has 37 heavy (non-hydrogen) atoms. The van der Waals surface area contributed by atoms with Gasteiger partial charge in [-0.15, -0.1) is 0 Å². The molecule has 1 aromatic heterocycles. The summed E-state index contributed by atoms with van der Waals surface area (Å²) in [5, 5.41) is 0. The Bertz CT molecular complexity index is 1690. The quantitative estimate of drug-likeness (QED) is 0.350. The van der Waals surface area contributed by atoms with E-state index in [2.05, 4.69) is 43.0 Å². The van der Waals surface area contributed by atoms with E-state index in [9.17, 15) is 4.79 Å². The molecule has 2 heterocycles. The standard InChI is InChI=1S/C31H26N2O3S/c1-3-18-36-24-13-8-20(9-14-24)19-27-30(34)33-29(22-10-15-23(35-2)16-11-22)26-17-12-21-6-4-5-7-25(21)28(26)32-31(33)37-27/h3-11,13-16,19,29H,1,12,17-18H2,2H3/b27-19-/t29-/m0/s1. The predicted octanol–water partition coefficient (Wildman–Crippen LogP) is 4.89. The molecule has 0 saturated heterocycles. The monoisotopic (exact) mass is 506 g/mol. The average molecular weight is 507 g/mol. The van der Waals surface area contributed by atoms with Crippen LogP contribution in [0.15, 0.2) is 101 Å². The molecule has 1 aliphatic heterocycles. The average Bonchev–Trinajstić information content (AvgIpc) is 3.25. The van der Waals surface area contributed by atoms with E-state index in [1.54, 1.807) is 13.2 Å². The summed E-state index contributed by atoms with van der Waals surface area (Å²) in [5.74, 6) is 1.56. The lowest BCUT2D eigenvalue weighted by Gasteiger charge is -2.30. The van der Waals surface area contributed by atoms with Gasteiger partial charge in [0.05, 0.1) is 23.4 Å². The summed E-state index contributed by atoms with van der Waals surface area (Å²) in [6.07, 6.45) is 5.44. The highest BCUT2D eigenvalue weighted by Gasteiger charge is 2.32. The van der Waals surface area contributed by atoms with Gasteiger partial charge in [0.1, 0.15) is 18.1 Å². The molecule has 0 bridgehead atoms. The van der Waals surface area contributed by atoms with Gasteiger partial charge in [-0.2, -0.15) is 0 Å². The lowest BCUT2D eigenvalue weighted by atomic mass is 9.83. The fourth-order valence-corrected chi connectivity index (χ4v) is 6.08. The zero-order valence-corrected chi connectivity index (χ0v) is 21.3. The minimum Gasteiger partial charge on any atom is -0.497 e. The highest BCUT2D eigenvalue weighted by Crippen LogP contribution is 2.41. The molecule has 0 N–H and O–H groups in total. The van der Waals surface area contributed by atoms with Crippen molar-refractivity contribution >= 4 is 23.1 Å². The Kier molecular flexibility index (Phi) is 6.10. The summed E-state index contributed by atoms with van der Waals surface area (Å²) in [6, 6.07) is 24.0. The van der Waals surface area contributed by atoms with Crippen LogP contribution in [0, 0.1) is 0 Å². The number of methoxy groups -OCH3 is 1. The van der Waals surface area contributed by atoms with Crippen molar-refractivity contribution in [2.45, 2.75) is 18.9 Å². The molecule has 1 atom stereocenters. The first-order chi connectivity index (χ1) is 18.2. The third-order valence-electron chi connectivity index (χ3n) is 6.85. The van der Waals surface area contributed by atoms with E-state index < -0.39 is 0 Å². The maximum Gasteiger partial charge on any atom is 0.271 e. The van der Waals surface area contributed by atoms with E-state index >= 15 is 0 Å². The van der Waals surface area contributed by atoms with E-state index in [0.29, 0.717) is 11.1 Å². The largest absolute Gasteiger partial charge is 0.497 e. The fourth-order valence-electron chi connectivity index (χ4n) is 5.08. The molecule has 0 saturated carbocycles. The van der Waals surface area contributed by atoms with Gasteiger partial charge in [-0.3, -0.25) is 9.36 Å². The first kappa shape index (κ1) is 23.3. The summed E-state index contributed by atoms with van der Waals surface area (Å²) in [5.41, 5.74) is 6.62.